The predicted octanol–water partition coefficient (Wildman–Crippen LogP) is 0.368. The van der Waals surface area contributed by atoms with Gasteiger partial charge in [-0.05, 0) is 24.3 Å². The van der Waals surface area contributed by atoms with Gasteiger partial charge in [0.1, 0.15) is 0 Å². The van der Waals surface area contributed by atoms with Crippen molar-refractivity contribution in [2.75, 3.05) is 23.0 Å². The van der Waals surface area contributed by atoms with Crippen LogP contribution in [-0.2, 0) is 10.0 Å². The summed E-state index contributed by atoms with van der Waals surface area (Å²) < 4.78 is 23.5. The van der Waals surface area contributed by atoms with E-state index in [0.717, 1.165) is 11.9 Å². The fourth-order valence-corrected chi connectivity index (χ4v) is 1.46. The van der Waals surface area contributed by atoms with E-state index in [9.17, 15) is 8.42 Å². The highest BCUT2D eigenvalue weighted by Crippen LogP contribution is 2.17. The van der Waals surface area contributed by atoms with Crippen molar-refractivity contribution in [3.8, 4) is 0 Å². The fraction of sp³-hybridized carbons (Fsp3) is 0.250. The second kappa shape index (κ2) is 3.85. The molecule has 3 N–H and O–H groups in total. The van der Waals surface area contributed by atoms with Gasteiger partial charge in [0.05, 0.1) is 11.9 Å². The third kappa shape index (κ3) is 2.36. The van der Waals surface area contributed by atoms with Gasteiger partial charge in [-0.3, -0.25) is 10.1 Å². The molecule has 5 nitrogen and oxygen atoms in total. The minimum Gasteiger partial charge on any atom is -0.324 e. The highest BCUT2D eigenvalue weighted by atomic mass is 32.2. The molecule has 0 aliphatic rings. The number of nitrogen functional groups attached to an aromatic ring is 1. The van der Waals surface area contributed by atoms with E-state index in [4.69, 9.17) is 5.84 Å². The maximum atomic E-state index is 11.2. The van der Waals surface area contributed by atoms with Gasteiger partial charge in [0.2, 0.25) is 10.0 Å². The molecule has 0 saturated heterocycles. The van der Waals surface area contributed by atoms with Gasteiger partial charge in [0.15, 0.2) is 0 Å². The van der Waals surface area contributed by atoms with Crippen LogP contribution in [0.3, 0.4) is 0 Å². The van der Waals surface area contributed by atoms with E-state index >= 15 is 0 Å². The van der Waals surface area contributed by atoms with Crippen LogP contribution in [0.2, 0.25) is 0 Å². The van der Waals surface area contributed by atoms with Crippen LogP contribution in [0, 0.1) is 0 Å². The lowest BCUT2D eigenvalue weighted by atomic mass is 10.3. The number of benzene rings is 1. The van der Waals surface area contributed by atoms with E-state index in [1.807, 2.05) is 0 Å². The molecule has 0 atom stereocenters. The normalized spacial score (nSPS) is 11.1. The zero-order valence-electron chi connectivity index (χ0n) is 8.06. The zero-order chi connectivity index (χ0) is 10.8. The van der Waals surface area contributed by atoms with Crippen molar-refractivity contribution in [1.82, 2.24) is 0 Å². The summed E-state index contributed by atoms with van der Waals surface area (Å²) in [6, 6.07) is 6.76. The Bertz CT molecular complexity index is 399. The van der Waals surface area contributed by atoms with Crippen molar-refractivity contribution in [3.05, 3.63) is 24.3 Å². The van der Waals surface area contributed by atoms with Crippen molar-refractivity contribution >= 4 is 21.4 Å². The second-order valence-electron chi connectivity index (χ2n) is 2.92. The number of hydrazine groups is 1. The summed E-state index contributed by atoms with van der Waals surface area (Å²) in [5, 5.41) is 0. The van der Waals surface area contributed by atoms with Gasteiger partial charge in [0.25, 0.3) is 0 Å². The lowest BCUT2D eigenvalue weighted by Gasteiger charge is -2.16. The maximum Gasteiger partial charge on any atom is 0.231 e. The molecule has 6 heteroatoms. The van der Waals surface area contributed by atoms with Gasteiger partial charge >= 0.3 is 0 Å². The predicted molar refractivity (Wildman–Crippen MR) is 57.5 cm³/mol. The number of nitrogens with one attached hydrogen (secondary N) is 1. The highest BCUT2D eigenvalue weighted by molar-refractivity contribution is 7.92. The number of nitrogens with zero attached hydrogens (tertiary/aromatic N) is 1. The SMILES string of the molecule is CN(c1ccc(NN)cc1)S(C)(=O)=O. The van der Waals surface area contributed by atoms with Crippen molar-refractivity contribution in [1.29, 1.82) is 0 Å². The van der Waals surface area contributed by atoms with Crippen molar-refractivity contribution in [3.63, 3.8) is 0 Å². The quantitative estimate of drug-likeness (QED) is 0.564. The van der Waals surface area contributed by atoms with Gasteiger partial charge < -0.3 is 5.43 Å². The molecule has 0 bridgehead atoms. The van der Waals surface area contributed by atoms with E-state index in [2.05, 4.69) is 5.43 Å². The molecule has 1 aromatic rings. The average molecular weight is 215 g/mol. The molecule has 78 valence electrons. The van der Waals surface area contributed by atoms with E-state index in [1.54, 1.807) is 24.3 Å². The van der Waals surface area contributed by atoms with Crippen molar-refractivity contribution in [2.45, 2.75) is 0 Å². The molecule has 0 heterocycles. The molecule has 0 aliphatic carbocycles. The topological polar surface area (TPSA) is 75.4 Å². The van der Waals surface area contributed by atoms with Gasteiger partial charge in [-0.25, -0.2) is 8.42 Å². The zero-order valence-corrected chi connectivity index (χ0v) is 8.88. The summed E-state index contributed by atoms with van der Waals surface area (Å²) in [7, 11) is -1.69. The van der Waals surface area contributed by atoms with Crippen molar-refractivity contribution in [2.24, 2.45) is 5.84 Å². The molecule has 1 rings (SSSR count). The van der Waals surface area contributed by atoms with Gasteiger partial charge in [0, 0.05) is 12.7 Å². The van der Waals surface area contributed by atoms with Crippen LogP contribution in [0.5, 0.6) is 0 Å². The average Bonchev–Trinajstić information content (AvgIpc) is 2.15. The minimum absolute atomic E-state index is 0.603. The molecule has 0 aliphatic heterocycles. The minimum atomic E-state index is -3.19. The number of rotatable bonds is 3. The Balaban J connectivity index is 2.98. The number of hydrogen-bond donors (Lipinski definition) is 2. The van der Waals surface area contributed by atoms with Crippen LogP contribution in [0.15, 0.2) is 24.3 Å². The Morgan fingerprint density at radius 1 is 1.29 bits per heavy atom. The first-order valence-corrected chi connectivity index (χ1v) is 5.80. The summed E-state index contributed by atoms with van der Waals surface area (Å²) in [6.07, 6.45) is 1.15. The first-order chi connectivity index (χ1) is 6.45. The molecule has 0 radical (unpaired) electrons. The molecule has 0 spiro atoms. The lowest BCUT2D eigenvalue weighted by molar-refractivity contribution is 0.600. The molecular weight excluding hydrogens is 202 g/mol. The lowest BCUT2D eigenvalue weighted by Crippen LogP contribution is -2.24. The van der Waals surface area contributed by atoms with Crippen LogP contribution in [0.25, 0.3) is 0 Å². The Hall–Kier alpha value is -1.27. The molecule has 0 amide bonds. The summed E-state index contributed by atoms with van der Waals surface area (Å²) >= 11 is 0. The first kappa shape index (κ1) is 10.8. The third-order valence-corrected chi connectivity index (χ3v) is 3.10. The molecule has 0 fully saturated rings. The number of sulfonamides is 1. The number of anilines is 2. The van der Waals surface area contributed by atoms with Crippen LogP contribution >= 0.6 is 0 Å². The Kier molecular flexibility index (Phi) is 2.97. The smallest absolute Gasteiger partial charge is 0.231 e. The molecule has 0 aromatic heterocycles. The van der Waals surface area contributed by atoms with E-state index in [-0.39, 0.29) is 0 Å². The maximum absolute atomic E-state index is 11.2. The number of hydrogen-bond acceptors (Lipinski definition) is 4. The first-order valence-electron chi connectivity index (χ1n) is 3.96. The number of nitrogens with two attached hydrogens (primary N) is 1. The molecule has 0 unspecified atom stereocenters. The largest absolute Gasteiger partial charge is 0.324 e. The van der Waals surface area contributed by atoms with E-state index in [1.165, 1.54) is 11.4 Å². The van der Waals surface area contributed by atoms with E-state index in [0.29, 0.717) is 5.69 Å². The summed E-state index contributed by atoms with van der Waals surface area (Å²) in [5.74, 6) is 5.18. The molecule has 1 aromatic carbocycles. The summed E-state index contributed by atoms with van der Waals surface area (Å²) in [5.41, 5.74) is 3.80. The van der Waals surface area contributed by atoms with Gasteiger partial charge in [-0.15, -0.1) is 0 Å². The fourth-order valence-electron chi connectivity index (χ4n) is 0.959. The highest BCUT2D eigenvalue weighted by Gasteiger charge is 2.10. The molecular formula is C8H13N3O2S. The Labute approximate surface area is 83.5 Å². The second-order valence-corrected chi connectivity index (χ2v) is 4.94. The summed E-state index contributed by atoms with van der Waals surface area (Å²) in [6.45, 7) is 0. The Morgan fingerprint density at radius 2 is 1.79 bits per heavy atom. The Morgan fingerprint density at radius 3 is 2.14 bits per heavy atom. The van der Waals surface area contributed by atoms with Crippen LogP contribution in [0.4, 0.5) is 11.4 Å². The monoisotopic (exact) mass is 215 g/mol. The van der Waals surface area contributed by atoms with Crippen LogP contribution < -0.4 is 15.6 Å². The van der Waals surface area contributed by atoms with Gasteiger partial charge in [-0.2, -0.15) is 0 Å². The van der Waals surface area contributed by atoms with Crippen LogP contribution in [-0.4, -0.2) is 21.7 Å². The third-order valence-electron chi connectivity index (χ3n) is 1.90. The standard InChI is InChI=1S/C8H13N3O2S/c1-11(14(2,12)13)8-5-3-7(10-9)4-6-8/h3-6,10H,9H2,1-2H3. The molecule has 14 heavy (non-hydrogen) atoms. The van der Waals surface area contributed by atoms with Crippen molar-refractivity contribution < 1.29 is 8.42 Å². The summed E-state index contributed by atoms with van der Waals surface area (Å²) in [4.78, 5) is 0. The van der Waals surface area contributed by atoms with Gasteiger partial charge in [-0.1, -0.05) is 0 Å². The van der Waals surface area contributed by atoms with Crippen LogP contribution in [0.1, 0.15) is 0 Å². The van der Waals surface area contributed by atoms with E-state index < -0.39 is 10.0 Å². The molecule has 0 saturated carbocycles.